The molecule has 10 heteroatoms. The molecule has 2 heterocycles. The van der Waals surface area contributed by atoms with Crippen molar-refractivity contribution in [3.8, 4) is 6.07 Å². The van der Waals surface area contributed by atoms with Crippen LogP contribution in [0.5, 0.6) is 0 Å². The van der Waals surface area contributed by atoms with E-state index < -0.39 is 11.6 Å². The van der Waals surface area contributed by atoms with Gasteiger partial charge in [0.25, 0.3) is 5.91 Å². The van der Waals surface area contributed by atoms with Crippen molar-refractivity contribution >= 4 is 46.8 Å². The second-order valence-corrected chi connectivity index (χ2v) is 11.7. The maximum absolute atomic E-state index is 14.7. The quantitative estimate of drug-likeness (QED) is 0.148. The molecule has 3 amide bonds. The number of carbonyl (C=O) groups is 3. The number of imide groups is 1. The van der Waals surface area contributed by atoms with Crippen molar-refractivity contribution in [3.05, 3.63) is 99.5 Å². The standard InChI is InChI=1S/C33H32Cl2N4O4/c1-2-43-30(40)10-6-7-15-38-32(42)39(28-17-26(34)16-27(35)18-28)31(41)33(38)22-37(20-24-8-4-3-5-9-24)21-29(33)25-13-11-23(19-36)12-14-25/h3-5,8-9,11-14,16-18,29H,2,6-7,10,15,20-22H2,1H3/t29-,33+/m0/s1. The summed E-state index contributed by atoms with van der Waals surface area (Å²) in [6.45, 7) is 3.75. The van der Waals surface area contributed by atoms with E-state index in [9.17, 15) is 19.6 Å². The highest BCUT2D eigenvalue weighted by atomic mass is 35.5. The number of anilines is 1. The number of carbonyl (C=O) groups excluding carboxylic acids is 3. The van der Waals surface area contributed by atoms with Crippen molar-refractivity contribution in [1.82, 2.24) is 9.80 Å². The fourth-order valence-corrected chi connectivity index (χ4v) is 6.71. The van der Waals surface area contributed by atoms with Gasteiger partial charge in [-0.2, -0.15) is 5.26 Å². The molecule has 0 saturated carbocycles. The number of unbranched alkanes of at least 4 members (excludes halogenated alkanes) is 1. The monoisotopic (exact) mass is 618 g/mol. The van der Waals surface area contributed by atoms with Crippen LogP contribution in [0.1, 0.15) is 48.8 Å². The van der Waals surface area contributed by atoms with Crippen LogP contribution in [0.25, 0.3) is 0 Å². The second-order valence-electron chi connectivity index (χ2n) is 10.8. The van der Waals surface area contributed by atoms with Crippen LogP contribution in [0.15, 0.2) is 72.8 Å². The number of nitriles is 1. The van der Waals surface area contributed by atoms with Gasteiger partial charge in [0.05, 0.1) is 23.9 Å². The summed E-state index contributed by atoms with van der Waals surface area (Å²) in [5.74, 6) is -1.03. The van der Waals surface area contributed by atoms with Gasteiger partial charge in [-0.1, -0.05) is 65.7 Å². The van der Waals surface area contributed by atoms with E-state index in [1.54, 1.807) is 42.2 Å². The molecule has 43 heavy (non-hydrogen) atoms. The molecule has 0 aromatic heterocycles. The van der Waals surface area contributed by atoms with Gasteiger partial charge in [-0.15, -0.1) is 0 Å². The van der Waals surface area contributed by atoms with E-state index in [1.807, 2.05) is 42.5 Å². The average Bonchev–Trinajstić information content (AvgIpc) is 3.45. The minimum Gasteiger partial charge on any atom is -0.466 e. The number of ether oxygens (including phenoxy) is 1. The highest BCUT2D eigenvalue weighted by Gasteiger charge is 2.65. The first-order valence-corrected chi connectivity index (χ1v) is 15.1. The van der Waals surface area contributed by atoms with E-state index in [1.165, 1.54) is 4.90 Å². The van der Waals surface area contributed by atoms with Gasteiger partial charge in [-0.25, -0.2) is 9.69 Å². The number of benzene rings is 3. The van der Waals surface area contributed by atoms with Crippen LogP contribution >= 0.6 is 23.2 Å². The second kappa shape index (κ2) is 13.2. The highest BCUT2D eigenvalue weighted by molar-refractivity contribution is 6.35. The Balaban J connectivity index is 1.56. The maximum Gasteiger partial charge on any atom is 0.332 e. The maximum atomic E-state index is 14.7. The fourth-order valence-electron chi connectivity index (χ4n) is 6.20. The SMILES string of the molecule is CCOC(=O)CCCCN1C(=O)N(c2cc(Cl)cc(Cl)c2)C(=O)[C@]12CN(Cc1ccccc1)C[C@H]2c1ccc(C#N)cc1. The van der Waals surface area contributed by atoms with E-state index in [0.717, 1.165) is 11.1 Å². The van der Waals surface area contributed by atoms with Gasteiger partial charge in [-0.05, 0) is 61.2 Å². The van der Waals surface area contributed by atoms with E-state index >= 15 is 0 Å². The zero-order valence-electron chi connectivity index (χ0n) is 23.8. The Hall–Kier alpha value is -3.90. The first-order valence-electron chi connectivity index (χ1n) is 14.3. The summed E-state index contributed by atoms with van der Waals surface area (Å²) in [5.41, 5.74) is 1.53. The number of hydrogen-bond donors (Lipinski definition) is 0. The van der Waals surface area contributed by atoms with Crippen molar-refractivity contribution in [2.45, 2.75) is 44.2 Å². The predicted octanol–water partition coefficient (Wildman–Crippen LogP) is 6.41. The molecule has 8 nitrogen and oxygen atoms in total. The molecule has 0 aliphatic carbocycles. The van der Waals surface area contributed by atoms with Gasteiger partial charge >= 0.3 is 12.0 Å². The summed E-state index contributed by atoms with van der Waals surface area (Å²) in [7, 11) is 0. The van der Waals surface area contributed by atoms with E-state index in [-0.39, 0.29) is 30.8 Å². The number of amides is 3. The smallest absolute Gasteiger partial charge is 0.332 e. The van der Waals surface area contributed by atoms with Gasteiger partial charge < -0.3 is 9.64 Å². The number of esters is 1. The Labute approximate surface area is 261 Å². The average molecular weight is 620 g/mol. The molecule has 1 spiro atoms. The van der Waals surface area contributed by atoms with Crippen molar-refractivity contribution < 1.29 is 19.1 Å². The van der Waals surface area contributed by atoms with Crippen LogP contribution in [0.4, 0.5) is 10.5 Å². The molecule has 3 aromatic rings. The molecular formula is C33H32Cl2N4O4. The molecule has 222 valence electrons. The molecule has 3 aromatic carbocycles. The molecule has 2 aliphatic heterocycles. The molecule has 2 atom stereocenters. The third kappa shape index (κ3) is 6.25. The Morgan fingerprint density at radius 2 is 1.72 bits per heavy atom. The lowest BCUT2D eigenvalue weighted by atomic mass is 9.80. The van der Waals surface area contributed by atoms with Crippen LogP contribution in [-0.2, 0) is 20.9 Å². The van der Waals surface area contributed by atoms with E-state index in [2.05, 4.69) is 11.0 Å². The minimum atomic E-state index is -1.24. The van der Waals surface area contributed by atoms with Crippen molar-refractivity contribution in [2.75, 3.05) is 31.1 Å². The molecule has 0 unspecified atom stereocenters. The van der Waals surface area contributed by atoms with Crippen molar-refractivity contribution in [1.29, 1.82) is 5.26 Å². The molecule has 2 fully saturated rings. The molecule has 0 bridgehead atoms. The first kappa shape index (κ1) is 30.6. The van der Waals surface area contributed by atoms with E-state index in [0.29, 0.717) is 60.4 Å². The molecular weight excluding hydrogens is 587 g/mol. The zero-order valence-corrected chi connectivity index (χ0v) is 25.4. The predicted molar refractivity (Wildman–Crippen MR) is 165 cm³/mol. The number of urea groups is 1. The van der Waals surface area contributed by atoms with Gasteiger partial charge in [-0.3, -0.25) is 14.5 Å². The zero-order chi connectivity index (χ0) is 30.6. The van der Waals surface area contributed by atoms with Crippen LogP contribution in [0.2, 0.25) is 10.0 Å². The van der Waals surface area contributed by atoms with Crippen molar-refractivity contribution in [3.63, 3.8) is 0 Å². The van der Waals surface area contributed by atoms with Gasteiger partial charge in [0, 0.05) is 48.6 Å². The number of nitrogens with zero attached hydrogens (tertiary/aromatic N) is 4. The van der Waals surface area contributed by atoms with Gasteiger partial charge in [0.1, 0.15) is 5.54 Å². The number of halogens is 2. The normalized spacial score (nSPS) is 20.2. The molecule has 0 radical (unpaired) electrons. The summed E-state index contributed by atoms with van der Waals surface area (Å²) in [5, 5.41) is 10.0. The minimum absolute atomic E-state index is 0.226. The largest absolute Gasteiger partial charge is 0.466 e. The number of rotatable bonds is 10. The number of likely N-dealkylation sites (tertiary alicyclic amines) is 1. The Kier molecular flexibility index (Phi) is 9.36. The number of hydrogen-bond acceptors (Lipinski definition) is 6. The third-order valence-electron chi connectivity index (χ3n) is 8.07. The molecule has 2 aliphatic rings. The Morgan fingerprint density at radius 3 is 2.37 bits per heavy atom. The Morgan fingerprint density at radius 1 is 1.02 bits per heavy atom. The molecule has 2 saturated heterocycles. The van der Waals surface area contributed by atoms with E-state index in [4.69, 9.17) is 27.9 Å². The summed E-state index contributed by atoms with van der Waals surface area (Å²) in [4.78, 5) is 46.0. The van der Waals surface area contributed by atoms with Crippen molar-refractivity contribution in [2.24, 2.45) is 0 Å². The summed E-state index contributed by atoms with van der Waals surface area (Å²) < 4.78 is 5.07. The lowest BCUT2D eigenvalue weighted by Crippen LogP contribution is -2.55. The Bertz CT molecular complexity index is 1520. The summed E-state index contributed by atoms with van der Waals surface area (Å²) >= 11 is 12.6. The topological polar surface area (TPSA) is 93.9 Å². The van der Waals surface area contributed by atoms with Crippen LogP contribution < -0.4 is 4.90 Å². The van der Waals surface area contributed by atoms with Gasteiger partial charge in [0.2, 0.25) is 0 Å². The van der Waals surface area contributed by atoms with Crippen LogP contribution in [0, 0.1) is 11.3 Å². The lowest BCUT2D eigenvalue weighted by Gasteiger charge is -2.36. The third-order valence-corrected chi connectivity index (χ3v) is 8.51. The fraction of sp³-hybridized carbons (Fsp3) is 0.333. The molecule has 0 N–H and O–H groups in total. The van der Waals surface area contributed by atoms with Crippen LogP contribution in [-0.4, -0.2) is 59.5 Å². The molecule has 5 rings (SSSR count). The summed E-state index contributed by atoms with van der Waals surface area (Å²) in [6.07, 6.45) is 1.23. The highest BCUT2D eigenvalue weighted by Crippen LogP contribution is 2.48. The van der Waals surface area contributed by atoms with Crippen LogP contribution in [0.3, 0.4) is 0 Å². The van der Waals surface area contributed by atoms with Gasteiger partial charge in [0.15, 0.2) is 0 Å². The lowest BCUT2D eigenvalue weighted by molar-refractivity contribution is -0.143. The summed E-state index contributed by atoms with van der Waals surface area (Å²) in [6, 6.07) is 23.6. The first-order chi connectivity index (χ1) is 20.8.